The van der Waals surface area contributed by atoms with Crippen molar-refractivity contribution in [2.24, 2.45) is 0 Å². The van der Waals surface area contributed by atoms with Gasteiger partial charge in [-0.15, -0.1) is 0 Å². The fourth-order valence-corrected chi connectivity index (χ4v) is 6.49. The third kappa shape index (κ3) is 4.51. The molecule has 0 radical (unpaired) electrons. The molecule has 2 aromatic heterocycles. The molecule has 4 heterocycles. The van der Waals surface area contributed by atoms with Crippen molar-refractivity contribution in [3.05, 3.63) is 106 Å². The molecule has 1 N–H and O–H groups in total. The normalized spacial score (nSPS) is 19.6. The molecule has 8 heteroatoms. The molecular formula is C30H30BrN5OS. The van der Waals surface area contributed by atoms with Crippen LogP contribution >= 0.6 is 28.1 Å². The number of para-hydroxylation sites is 1. The molecule has 2 aliphatic rings. The van der Waals surface area contributed by atoms with Gasteiger partial charge in [-0.3, -0.25) is 4.98 Å². The molecule has 6 rings (SSSR count). The van der Waals surface area contributed by atoms with Crippen molar-refractivity contribution >= 4 is 44.6 Å². The number of nitrogens with zero attached hydrogens (tertiary/aromatic N) is 4. The average Bonchev–Trinajstić information content (AvgIpc) is 3.45. The molecular weight excluding hydrogens is 558 g/mol. The lowest BCUT2D eigenvalue weighted by Crippen LogP contribution is -2.36. The first-order chi connectivity index (χ1) is 18.5. The third-order valence-corrected chi connectivity index (χ3v) is 8.47. The second-order valence-corrected chi connectivity index (χ2v) is 11.0. The van der Waals surface area contributed by atoms with E-state index in [4.69, 9.17) is 21.9 Å². The third-order valence-electron chi connectivity index (χ3n) is 7.48. The smallest absolute Gasteiger partial charge is 0.174 e. The largest absolute Gasteiger partial charge is 0.378 e. The molecule has 0 unspecified atom stereocenters. The van der Waals surface area contributed by atoms with Crippen LogP contribution in [0.25, 0.3) is 5.69 Å². The standard InChI is InChI=1S/C30H30BrN5OS/c1-20-19-24(21(2)35(20)27-9-4-3-7-25(27)31)29-28(26-8-5-6-14-32-26)33-30(38)36(29)23-12-10-22(11-13-23)34-15-17-37-18-16-34/h3-14,19,28-29H,15-18H2,1-2H3,(H,33,38)/t28-,29+/m0/s1. The average molecular weight is 589 g/mol. The number of thiocarbonyl (C=S) groups is 1. The number of hydrogen-bond donors (Lipinski definition) is 1. The van der Waals surface area contributed by atoms with Crippen LogP contribution in [0.5, 0.6) is 0 Å². The lowest BCUT2D eigenvalue weighted by atomic mass is 9.96. The molecule has 2 saturated heterocycles. The maximum atomic E-state index is 5.98. The summed E-state index contributed by atoms with van der Waals surface area (Å²) in [5.41, 5.74) is 7.94. The van der Waals surface area contributed by atoms with Gasteiger partial charge in [0.1, 0.15) is 0 Å². The summed E-state index contributed by atoms with van der Waals surface area (Å²) in [6.45, 7) is 7.71. The topological polar surface area (TPSA) is 45.6 Å². The van der Waals surface area contributed by atoms with E-state index in [1.54, 1.807) is 0 Å². The summed E-state index contributed by atoms with van der Waals surface area (Å²) in [6, 6.07) is 25.3. The quantitative estimate of drug-likeness (QED) is 0.278. The Balaban J connectivity index is 1.44. The predicted molar refractivity (Wildman–Crippen MR) is 160 cm³/mol. The van der Waals surface area contributed by atoms with Crippen LogP contribution < -0.4 is 15.1 Å². The van der Waals surface area contributed by atoms with Gasteiger partial charge in [-0.25, -0.2) is 0 Å². The van der Waals surface area contributed by atoms with Crippen LogP contribution in [0.2, 0.25) is 0 Å². The molecule has 0 bridgehead atoms. The highest BCUT2D eigenvalue weighted by Crippen LogP contribution is 2.44. The Labute approximate surface area is 237 Å². The summed E-state index contributed by atoms with van der Waals surface area (Å²) >= 11 is 9.73. The Morgan fingerprint density at radius 2 is 1.66 bits per heavy atom. The van der Waals surface area contributed by atoms with Crippen LogP contribution in [-0.4, -0.2) is 41.0 Å². The van der Waals surface area contributed by atoms with Gasteiger partial charge in [-0.1, -0.05) is 18.2 Å². The molecule has 6 nitrogen and oxygen atoms in total. The SMILES string of the molecule is Cc1cc([C@@H]2[C@H](c3ccccn3)NC(=S)N2c2ccc(N3CCOCC3)cc2)c(C)n1-c1ccccc1Br. The van der Waals surface area contributed by atoms with E-state index in [1.165, 1.54) is 22.6 Å². The zero-order chi connectivity index (χ0) is 26.2. The van der Waals surface area contributed by atoms with E-state index in [2.05, 4.69) is 104 Å². The molecule has 0 saturated carbocycles. The monoisotopic (exact) mass is 587 g/mol. The van der Waals surface area contributed by atoms with Gasteiger partial charge in [0.05, 0.1) is 36.7 Å². The summed E-state index contributed by atoms with van der Waals surface area (Å²) in [6.07, 6.45) is 1.85. The van der Waals surface area contributed by atoms with E-state index >= 15 is 0 Å². The number of aryl methyl sites for hydroxylation is 1. The summed E-state index contributed by atoms with van der Waals surface area (Å²) in [5.74, 6) is 0. The number of aromatic nitrogens is 2. The van der Waals surface area contributed by atoms with Gasteiger partial charge < -0.3 is 24.4 Å². The van der Waals surface area contributed by atoms with Gasteiger partial charge >= 0.3 is 0 Å². The van der Waals surface area contributed by atoms with Crippen LogP contribution in [0.1, 0.15) is 34.7 Å². The fourth-order valence-electron chi connectivity index (χ4n) is 5.69. The van der Waals surface area contributed by atoms with Gasteiger partial charge in [-0.2, -0.15) is 0 Å². The van der Waals surface area contributed by atoms with Gasteiger partial charge in [0.15, 0.2) is 5.11 Å². The molecule has 2 aliphatic heterocycles. The number of rotatable bonds is 5. The first-order valence-electron chi connectivity index (χ1n) is 12.9. The minimum atomic E-state index is -0.0872. The molecule has 0 amide bonds. The first-order valence-corrected chi connectivity index (χ1v) is 14.1. The molecule has 2 aromatic carbocycles. The van der Waals surface area contributed by atoms with E-state index in [9.17, 15) is 0 Å². The Hall–Kier alpha value is -3.20. The van der Waals surface area contributed by atoms with Crippen molar-refractivity contribution in [3.8, 4) is 5.69 Å². The minimum Gasteiger partial charge on any atom is -0.378 e. The van der Waals surface area contributed by atoms with Gasteiger partial charge in [0.25, 0.3) is 0 Å². The molecule has 2 atom stereocenters. The Kier molecular flexibility index (Phi) is 6.95. The van der Waals surface area contributed by atoms with E-state index in [-0.39, 0.29) is 12.1 Å². The van der Waals surface area contributed by atoms with Crippen LogP contribution in [0.3, 0.4) is 0 Å². The molecule has 0 aliphatic carbocycles. The maximum absolute atomic E-state index is 5.98. The highest BCUT2D eigenvalue weighted by Gasteiger charge is 2.42. The number of benzene rings is 2. The molecule has 0 spiro atoms. The van der Waals surface area contributed by atoms with Crippen molar-refractivity contribution in [2.45, 2.75) is 25.9 Å². The lowest BCUT2D eigenvalue weighted by molar-refractivity contribution is 0.122. The minimum absolute atomic E-state index is 0.0610. The highest BCUT2D eigenvalue weighted by molar-refractivity contribution is 9.10. The lowest BCUT2D eigenvalue weighted by Gasteiger charge is -2.31. The maximum Gasteiger partial charge on any atom is 0.174 e. The second-order valence-electron chi connectivity index (χ2n) is 9.73. The van der Waals surface area contributed by atoms with E-state index in [0.717, 1.165) is 47.8 Å². The Morgan fingerprint density at radius 3 is 2.37 bits per heavy atom. The van der Waals surface area contributed by atoms with E-state index in [0.29, 0.717) is 5.11 Å². The van der Waals surface area contributed by atoms with Crippen molar-refractivity contribution in [1.29, 1.82) is 0 Å². The Morgan fingerprint density at radius 1 is 0.947 bits per heavy atom. The Bertz CT molecular complexity index is 1450. The van der Waals surface area contributed by atoms with Crippen LogP contribution in [0, 0.1) is 13.8 Å². The molecule has 38 heavy (non-hydrogen) atoms. The molecule has 194 valence electrons. The second kappa shape index (κ2) is 10.5. The summed E-state index contributed by atoms with van der Waals surface area (Å²) in [4.78, 5) is 9.35. The van der Waals surface area contributed by atoms with Crippen LogP contribution in [0.15, 0.2) is 83.5 Å². The summed E-state index contributed by atoms with van der Waals surface area (Å²) < 4.78 is 8.91. The number of anilines is 2. The highest BCUT2D eigenvalue weighted by atomic mass is 79.9. The number of ether oxygens (including phenoxy) is 1. The molecule has 2 fully saturated rings. The van der Waals surface area contributed by atoms with Crippen molar-refractivity contribution < 1.29 is 4.74 Å². The number of morpholine rings is 1. The number of nitrogens with one attached hydrogen (secondary N) is 1. The van der Waals surface area contributed by atoms with E-state index in [1.807, 2.05) is 24.4 Å². The van der Waals surface area contributed by atoms with Crippen LogP contribution in [0.4, 0.5) is 11.4 Å². The summed E-state index contributed by atoms with van der Waals surface area (Å²) in [5, 5.41) is 4.31. The van der Waals surface area contributed by atoms with Crippen molar-refractivity contribution in [2.75, 3.05) is 36.1 Å². The van der Waals surface area contributed by atoms with E-state index < -0.39 is 0 Å². The van der Waals surface area contributed by atoms with Crippen molar-refractivity contribution in [3.63, 3.8) is 0 Å². The zero-order valence-electron chi connectivity index (χ0n) is 21.5. The fraction of sp³-hybridized carbons (Fsp3) is 0.267. The predicted octanol–water partition coefficient (Wildman–Crippen LogP) is 6.27. The number of halogens is 1. The van der Waals surface area contributed by atoms with Gasteiger partial charge in [-0.05, 0) is 102 Å². The van der Waals surface area contributed by atoms with Gasteiger partial charge in [0.2, 0.25) is 0 Å². The number of pyridine rings is 1. The summed E-state index contributed by atoms with van der Waals surface area (Å²) in [7, 11) is 0. The first kappa shape index (κ1) is 25.1. The zero-order valence-corrected chi connectivity index (χ0v) is 23.9. The number of hydrogen-bond acceptors (Lipinski definition) is 4. The van der Waals surface area contributed by atoms with Crippen LogP contribution in [-0.2, 0) is 4.74 Å². The van der Waals surface area contributed by atoms with Gasteiger partial charge in [0, 0.05) is 46.5 Å². The van der Waals surface area contributed by atoms with Crippen molar-refractivity contribution in [1.82, 2.24) is 14.9 Å². The molecule has 4 aromatic rings.